The van der Waals surface area contributed by atoms with Crippen LogP contribution in [0.15, 0.2) is 18.3 Å². The number of rotatable bonds is 7. The van der Waals surface area contributed by atoms with Gasteiger partial charge in [-0.15, -0.1) is 0 Å². The third-order valence-corrected chi connectivity index (χ3v) is 2.01. The van der Waals surface area contributed by atoms with E-state index in [1.54, 1.807) is 13.2 Å². The zero-order valence-corrected chi connectivity index (χ0v) is 9.81. The molecule has 0 aliphatic rings. The molecule has 0 aliphatic heterocycles. The average molecular weight is 239 g/mol. The van der Waals surface area contributed by atoms with E-state index in [2.05, 4.69) is 10.3 Å². The summed E-state index contributed by atoms with van der Waals surface area (Å²) in [5, 5.41) is 2.71. The van der Waals surface area contributed by atoms with Crippen molar-refractivity contribution in [3.63, 3.8) is 0 Å². The maximum atomic E-state index is 11.6. The van der Waals surface area contributed by atoms with E-state index >= 15 is 0 Å². The van der Waals surface area contributed by atoms with E-state index in [-0.39, 0.29) is 5.91 Å². The van der Waals surface area contributed by atoms with Gasteiger partial charge in [0, 0.05) is 25.4 Å². The molecule has 0 saturated heterocycles. The van der Waals surface area contributed by atoms with Gasteiger partial charge >= 0.3 is 0 Å². The summed E-state index contributed by atoms with van der Waals surface area (Å²) in [7, 11) is 1.61. The maximum absolute atomic E-state index is 11.6. The Kier molecular flexibility index (Phi) is 5.98. The summed E-state index contributed by atoms with van der Waals surface area (Å²) in [6.07, 6.45) is 1.50. The highest BCUT2D eigenvalue weighted by molar-refractivity contribution is 5.94. The number of pyridine rings is 1. The first kappa shape index (κ1) is 13.4. The largest absolute Gasteiger partial charge is 0.384 e. The van der Waals surface area contributed by atoms with Crippen molar-refractivity contribution in [3.8, 4) is 0 Å². The van der Waals surface area contributed by atoms with Crippen molar-refractivity contribution in [2.24, 2.45) is 0 Å². The van der Waals surface area contributed by atoms with Crippen LogP contribution in [0, 0.1) is 0 Å². The number of nitrogens with two attached hydrogens (primary N) is 1. The van der Waals surface area contributed by atoms with Crippen LogP contribution in [0.2, 0.25) is 0 Å². The number of amides is 1. The second-order valence-corrected chi connectivity index (χ2v) is 3.33. The predicted molar refractivity (Wildman–Crippen MR) is 63.7 cm³/mol. The van der Waals surface area contributed by atoms with E-state index in [9.17, 15) is 4.79 Å². The van der Waals surface area contributed by atoms with Gasteiger partial charge in [-0.05, 0) is 12.1 Å². The maximum Gasteiger partial charge on any atom is 0.251 e. The molecule has 17 heavy (non-hydrogen) atoms. The van der Waals surface area contributed by atoms with Crippen molar-refractivity contribution in [2.45, 2.75) is 0 Å². The number of aromatic nitrogens is 1. The number of hydrogen-bond donors (Lipinski definition) is 2. The minimum Gasteiger partial charge on any atom is -0.384 e. The number of nitrogens with zero attached hydrogens (tertiary/aromatic N) is 1. The zero-order valence-electron chi connectivity index (χ0n) is 9.81. The average Bonchev–Trinajstić information content (AvgIpc) is 2.33. The summed E-state index contributed by atoms with van der Waals surface area (Å²) in [4.78, 5) is 15.4. The van der Waals surface area contributed by atoms with Crippen molar-refractivity contribution in [1.82, 2.24) is 10.3 Å². The lowest BCUT2D eigenvalue weighted by Gasteiger charge is -2.06. The Morgan fingerprint density at radius 3 is 3.00 bits per heavy atom. The third kappa shape index (κ3) is 5.28. The van der Waals surface area contributed by atoms with Crippen LogP contribution in [-0.4, -0.2) is 44.4 Å². The van der Waals surface area contributed by atoms with Gasteiger partial charge in [-0.2, -0.15) is 0 Å². The molecule has 0 aliphatic carbocycles. The summed E-state index contributed by atoms with van der Waals surface area (Å²) >= 11 is 0. The van der Waals surface area contributed by atoms with Crippen LogP contribution in [-0.2, 0) is 9.47 Å². The second-order valence-electron chi connectivity index (χ2n) is 3.33. The first-order valence-corrected chi connectivity index (χ1v) is 5.30. The normalized spacial score (nSPS) is 10.2. The van der Waals surface area contributed by atoms with E-state index in [0.717, 1.165) is 0 Å². The fraction of sp³-hybridized carbons (Fsp3) is 0.455. The Labute approximate surface area is 100 Å². The molecule has 1 aromatic rings. The fourth-order valence-corrected chi connectivity index (χ4v) is 1.17. The van der Waals surface area contributed by atoms with Gasteiger partial charge < -0.3 is 20.5 Å². The summed E-state index contributed by atoms with van der Waals surface area (Å²) in [5.41, 5.74) is 5.97. The van der Waals surface area contributed by atoms with Gasteiger partial charge in [0.1, 0.15) is 5.82 Å². The molecule has 0 spiro atoms. The molecule has 0 fully saturated rings. The Bertz CT molecular complexity index is 358. The molecule has 6 nitrogen and oxygen atoms in total. The molecule has 0 radical (unpaired) electrons. The van der Waals surface area contributed by atoms with Gasteiger partial charge in [-0.3, -0.25) is 4.79 Å². The Balaban J connectivity index is 2.21. The molecule has 3 N–H and O–H groups in total. The lowest BCUT2D eigenvalue weighted by Crippen LogP contribution is -2.27. The summed E-state index contributed by atoms with van der Waals surface area (Å²) in [6.45, 7) is 1.98. The minimum atomic E-state index is -0.186. The quantitative estimate of drug-likeness (QED) is 0.657. The molecule has 94 valence electrons. The summed E-state index contributed by atoms with van der Waals surface area (Å²) in [6, 6.07) is 3.14. The number of nitrogens with one attached hydrogen (secondary N) is 1. The highest BCUT2D eigenvalue weighted by Crippen LogP contribution is 2.02. The van der Waals surface area contributed by atoms with Crippen LogP contribution in [0.1, 0.15) is 10.4 Å². The molecule has 1 amide bonds. The number of anilines is 1. The van der Waals surface area contributed by atoms with Gasteiger partial charge in [0.25, 0.3) is 5.91 Å². The van der Waals surface area contributed by atoms with Crippen LogP contribution in [0.3, 0.4) is 0 Å². The van der Waals surface area contributed by atoms with Crippen molar-refractivity contribution < 1.29 is 14.3 Å². The number of carbonyl (C=O) groups is 1. The summed E-state index contributed by atoms with van der Waals surface area (Å²) in [5.74, 6) is 0.142. The first-order valence-electron chi connectivity index (χ1n) is 5.30. The van der Waals surface area contributed by atoms with Gasteiger partial charge in [0.15, 0.2) is 0 Å². The SMILES string of the molecule is COCCOCCNC(=O)c1ccnc(N)c1. The number of ether oxygens (including phenoxy) is 2. The molecular formula is C11H17N3O3. The van der Waals surface area contributed by atoms with E-state index in [1.807, 2.05) is 0 Å². The van der Waals surface area contributed by atoms with E-state index < -0.39 is 0 Å². The van der Waals surface area contributed by atoms with Crippen molar-refractivity contribution in [1.29, 1.82) is 0 Å². The first-order chi connectivity index (χ1) is 8.24. The minimum absolute atomic E-state index is 0.186. The van der Waals surface area contributed by atoms with Gasteiger partial charge in [0.2, 0.25) is 0 Å². The van der Waals surface area contributed by atoms with Gasteiger partial charge in [-0.25, -0.2) is 4.98 Å². The van der Waals surface area contributed by atoms with Crippen LogP contribution in [0.5, 0.6) is 0 Å². The molecule has 1 heterocycles. The van der Waals surface area contributed by atoms with E-state index in [1.165, 1.54) is 12.3 Å². The van der Waals surface area contributed by atoms with Crippen LogP contribution >= 0.6 is 0 Å². The molecule has 1 aromatic heterocycles. The lowest BCUT2D eigenvalue weighted by molar-refractivity contribution is 0.0692. The lowest BCUT2D eigenvalue weighted by atomic mass is 10.2. The highest BCUT2D eigenvalue weighted by Gasteiger charge is 2.04. The molecule has 0 saturated carbocycles. The molecule has 6 heteroatoms. The monoisotopic (exact) mass is 239 g/mol. The van der Waals surface area contributed by atoms with Crippen LogP contribution in [0.4, 0.5) is 5.82 Å². The molecular weight excluding hydrogens is 222 g/mol. The van der Waals surface area contributed by atoms with Crippen LogP contribution in [0.25, 0.3) is 0 Å². The van der Waals surface area contributed by atoms with Crippen molar-refractivity contribution in [3.05, 3.63) is 23.9 Å². The number of methoxy groups -OCH3 is 1. The van der Waals surface area contributed by atoms with Crippen molar-refractivity contribution in [2.75, 3.05) is 39.2 Å². The van der Waals surface area contributed by atoms with Crippen LogP contribution < -0.4 is 11.1 Å². The van der Waals surface area contributed by atoms with Gasteiger partial charge in [-0.1, -0.05) is 0 Å². The molecule has 1 rings (SSSR count). The Morgan fingerprint density at radius 2 is 2.29 bits per heavy atom. The second kappa shape index (κ2) is 7.59. The topological polar surface area (TPSA) is 86.5 Å². The van der Waals surface area contributed by atoms with Crippen molar-refractivity contribution >= 4 is 11.7 Å². The standard InChI is InChI=1S/C11H17N3O3/c1-16-6-7-17-5-4-14-11(15)9-2-3-13-10(12)8-9/h2-3,8H,4-7H2,1H3,(H2,12,13)(H,14,15). The number of nitrogen functional groups attached to an aromatic ring is 1. The molecule has 0 atom stereocenters. The Hall–Kier alpha value is -1.66. The summed E-state index contributed by atoms with van der Waals surface area (Å²) < 4.78 is 10.0. The third-order valence-electron chi connectivity index (χ3n) is 2.01. The molecule has 0 aromatic carbocycles. The van der Waals surface area contributed by atoms with E-state index in [4.69, 9.17) is 15.2 Å². The van der Waals surface area contributed by atoms with E-state index in [0.29, 0.717) is 37.7 Å². The number of carbonyl (C=O) groups excluding carboxylic acids is 1. The molecule has 0 unspecified atom stereocenters. The smallest absolute Gasteiger partial charge is 0.251 e. The predicted octanol–water partition coefficient (Wildman–Crippen LogP) is 0.0566. The fourth-order valence-electron chi connectivity index (χ4n) is 1.17. The highest BCUT2D eigenvalue weighted by atomic mass is 16.5. The molecule has 0 bridgehead atoms. The Morgan fingerprint density at radius 1 is 1.47 bits per heavy atom. The number of hydrogen-bond acceptors (Lipinski definition) is 5. The van der Waals surface area contributed by atoms with Gasteiger partial charge in [0.05, 0.1) is 19.8 Å². The zero-order chi connectivity index (χ0) is 12.5.